The fraction of sp³-hybridized carbons (Fsp3) is 0.444. The van der Waals surface area contributed by atoms with Crippen LogP contribution in [-0.2, 0) is 29.1 Å². The largest absolute Gasteiger partial charge is 0.573 e. The summed E-state index contributed by atoms with van der Waals surface area (Å²) in [5, 5.41) is 9.98. The number of amides is 1. The molecule has 39 heavy (non-hydrogen) atoms. The number of fused-ring (bicyclic) bond motifs is 3. The Morgan fingerprint density at radius 3 is 2.59 bits per heavy atom. The number of carbonyl (C=O) groups is 2. The third kappa shape index (κ3) is 6.83. The number of ether oxygens (including phenoxy) is 1. The van der Waals surface area contributed by atoms with Gasteiger partial charge in [-0.05, 0) is 73.7 Å². The van der Waals surface area contributed by atoms with E-state index < -0.39 is 12.3 Å². The molecule has 210 valence electrons. The number of hydrogen-bond acceptors (Lipinski definition) is 5. The van der Waals surface area contributed by atoms with E-state index in [0.29, 0.717) is 51.1 Å². The third-order valence-electron chi connectivity index (χ3n) is 7.37. The van der Waals surface area contributed by atoms with Crippen LogP contribution in [-0.4, -0.2) is 68.9 Å². The molecule has 0 bridgehead atoms. The molecule has 3 aromatic rings. The van der Waals surface area contributed by atoms with Crippen LogP contribution in [0.4, 0.5) is 13.2 Å². The summed E-state index contributed by atoms with van der Waals surface area (Å²) in [6.45, 7) is 2.66. The van der Waals surface area contributed by atoms with Crippen LogP contribution in [0.2, 0.25) is 0 Å². The number of alkyl halides is 3. The number of rotatable bonds is 7. The van der Waals surface area contributed by atoms with Gasteiger partial charge in [0, 0.05) is 36.8 Å². The van der Waals surface area contributed by atoms with E-state index in [2.05, 4.69) is 9.72 Å². The number of aromatic nitrogens is 2. The number of carbonyl (C=O) groups excluding carboxylic acids is 1. The Morgan fingerprint density at radius 1 is 1.10 bits per heavy atom. The molecule has 2 aromatic heterocycles. The van der Waals surface area contributed by atoms with Crippen LogP contribution in [0.15, 0.2) is 42.6 Å². The zero-order valence-corrected chi connectivity index (χ0v) is 22.0. The summed E-state index contributed by atoms with van der Waals surface area (Å²) in [6.07, 6.45) is -0.409. The summed E-state index contributed by atoms with van der Waals surface area (Å²) in [5.74, 6) is -0.830. The second-order valence-corrected chi connectivity index (χ2v) is 9.96. The highest BCUT2D eigenvalue weighted by molar-refractivity contribution is 5.85. The number of halogens is 4. The fourth-order valence-electron chi connectivity index (χ4n) is 5.58. The normalized spacial score (nSPS) is 16.5. The van der Waals surface area contributed by atoms with E-state index in [1.165, 1.54) is 18.2 Å². The lowest BCUT2D eigenvalue weighted by Gasteiger charge is -2.33. The molecule has 1 amide bonds. The summed E-state index contributed by atoms with van der Waals surface area (Å²) < 4.78 is 44.3. The van der Waals surface area contributed by atoms with Gasteiger partial charge in [0.15, 0.2) is 0 Å². The van der Waals surface area contributed by atoms with Gasteiger partial charge in [-0.15, -0.1) is 25.6 Å². The van der Waals surface area contributed by atoms with Crippen LogP contribution < -0.4 is 4.74 Å². The van der Waals surface area contributed by atoms with Crippen LogP contribution in [0, 0.1) is 5.92 Å². The molecule has 0 spiro atoms. The Kier molecular flexibility index (Phi) is 8.70. The van der Waals surface area contributed by atoms with E-state index in [1.807, 2.05) is 26.5 Å². The lowest BCUT2D eigenvalue weighted by molar-refractivity contribution is -0.274. The molecule has 1 saturated heterocycles. The molecule has 8 nitrogen and oxygen atoms in total. The van der Waals surface area contributed by atoms with Crippen molar-refractivity contribution < 1.29 is 32.6 Å². The number of hydrogen-bond donors (Lipinski definition) is 1. The van der Waals surface area contributed by atoms with Gasteiger partial charge in [0.25, 0.3) is 0 Å². The van der Waals surface area contributed by atoms with Crippen molar-refractivity contribution in [3.8, 4) is 5.75 Å². The van der Waals surface area contributed by atoms with Crippen LogP contribution in [0.3, 0.4) is 0 Å². The smallest absolute Gasteiger partial charge is 0.480 e. The average Bonchev–Trinajstić information content (AvgIpc) is 3.17. The SMILES string of the molecule is Cl.O=C(O)CN1CCC(CC(=O)N2CCc3c(n(Cc4cccc(OC(F)(F)F)c4)c4ncccc34)C2)CC1. The number of pyridine rings is 1. The molecule has 4 heterocycles. The molecule has 1 N–H and O–H groups in total. The van der Waals surface area contributed by atoms with Crippen molar-refractivity contribution in [3.63, 3.8) is 0 Å². The van der Waals surface area contributed by atoms with Gasteiger partial charge in [0.05, 0.1) is 13.1 Å². The Balaban J connectivity index is 0.00000353. The van der Waals surface area contributed by atoms with Gasteiger partial charge in [-0.1, -0.05) is 12.1 Å². The summed E-state index contributed by atoms with van der Waals surface area (Å²) in [7, 11) is 0. The van der Waals surface area contributed by atoms with E-state index in [9.17, 15) is 22.8 Å². The van der Waals surface area contributed by atoms with Crippen molar-refractivity contribution in [2.75, 3.05) is 26.2 Å². The monoisotopic (exact) mass is 566 g/mol. The van der Waals surface area contributed by atoms with Gasteiger partial charge >= 0.3 is 12.3 Å². The maximum atomic E-state index is 13.3. The third-order valence-corrected chi connectivity index (χ3v) is 7.37. The Bertz CT molecular complexity index is 1340. The number of carboxylic acid groups (broad SMARTS) is 1. The van der Waals surface area contributed by atoms with E-state index in [4.69, 9.17) is 5.11 Å². The first kappa shape index (κ1) is 28.7. The van der Waals surface area contributed by atoms with Crippen LogP contribution in [0.1, 0.15) is 36.1 Å². The Labute approximate surface area is 229 Å². The summed E-state index contributed by atoms with van der Waals surface area (Å²) in [4.78, 5) is 32.5. The number of likely N-dealkylation sites (tertiary alicyclic amines) is 1. The van der Waals surface area contributed by atoms with Gasteiger partial charge in [-0.25, -0.2) is 4.98 Å². The zero-order valence-electron chi connectivity index (χ0n) is 21.2. The number of benzene rings is 1. The minimum Gasteiger partial charge on any atom is -0.480 e. The molecule has 0 radical (unpaired) electrons. The topological polar surface area (TPSA) is 87.9 Å². The summed E-state index contributed by atoms with van der Waals surface area (Å²) >= 11 is 0. The standard InChI is InChI=1S/C27H29F3N4O4.ClH/c28-27(29,30)38-20-4-1-3-19(13-20)15-34-23-16-33(12-8-21(23)22-5-2-9-31-26(22)34)24(35)14-18-6-10-32(11-7-18)17-25(36)37;/h1-5,9,13,18H,6-8,10-12,14-17H2,(H,36,37);1H. The minimum atomic E-state index is -4.77. The molecule has 12 heteroatoms. The van der Waals surface area contributed by atoms with Gasteiger partial charge < -0.3 is 19.3 Å². The Hall–Kier alpha value is -3.31. The van der Waals surface area contributed by atoms with Crippen molar-refractivity contribution in [3.05, 3.63) is 59.4 Å². The molecule has 1 fully saturated rings. The van der Waals surface area contributed by atoms with Gasteiger partial charge in [0.2, 0.25) is 5.91 Å². The van der Waals surface area contributed by atoms with Crippen molar-refractivity contribution in [1.29, 1.82) is 0 Å². The molecular formula is C27H30ClF3N4O4. The van der Waals surface area contributed by atoms with E-state index in [1.54, 1.807) is 12.3 Å². The van der Waals surface area contributed by atoms with Crippen LogP contribution in [0.5, 0.6) is 5.75 Å². The lowest BCUT2D eigenvalue weighted by Crippen LogP contribution is -2.41. The minimum absolute atomic E-state index is 0. The first-order valence-corrected chi connectivity index (χ1v) is 12.7. The van der Waals surface area contributed by atoms with Crippen LogP contribution >= 0.6 is 12.4 Å². The maximum absolute atomic E-state index is 13.3. The molecule has 0 atom stereocenters. The first-order chi connectivity index (χ1) is 18.2. The average molecular weight is 567 g/mol. The van der Waals surface area contributed by atoms with Gasteiger partial charge in [-0.3, -0.25) is 14.5 Å². The lowest BCUT2D eigenvalue weighted by atomic mass is 9.92. The first-order valence-electron chi connectivity index (χ1n) is 12.7. The molecule has 1 aromatic carbocycles. The second-order valence-electron chi connectivity index (χ2n) is 9.96. The molecule has 2 aliphatic heterocycles. The zero-order chi connectivity index (χ0) is 26.9. The maximum Gasteiger partial charge on any atom is 0.573 e. The van der Waals surface area contributed by atoms with Crippen molar-refractivity contribution in [2.24, 2.45) is 5.92 Å². The highest BCUT2D eigenvalue weighted by atomic mass is 35.5. The summed E-state index contributed by atoms with van der Waals surface area (Å²) in [6, 6.07) is 9.76. The second kappa shape index (κ2) is 11.8. The quantitative estimate of drug-likeness (QED) is 0.454. The number of aliphatic carboxylic acids is 1. The highest BCUT2D eigenvalue weighted by Crippen LogP contribution is 2.32. The van der Waals surface area contributed by atoms with Crippen molar-refractivity contribution in [2.45, 2.75) is 45.1 Å². The predicted molar refractivity (Wildman–Crippen MR) is 140 cm³/mol. The van der Waals surface area contributed by atoms with Crippen molar-refractivity contribution in [1.82, 2.24) is 19.4 Å². The molecular weight excluding hydrogens is 537 g/mol. The number of carboxylic acids is 1. The fourth-order valence-corrected chi connectivity index (χ4v) is 5.58. The molecule has 5 rings (SSSR count). The molecule has 0 saturated carbocycles. The predicted octanol–water partition coefficient (Wildman–Crippen LogP) is 4.48. The van der Waals surface area contributed by atoms with Gasteiger partial charge in [-0.2, -0.15) is 0 Å². The molecule has 0 unspecified atom stereocenters. The highest BCUT2D eigenvalue weighted by Gasteiger charge is 2.32. The molecule has 0 aliphatic carbocycles. The number of piperidine rings is 1. The Morgan fingerprint density at radius 2 is 1.87 bits per heavy atom. The van der Waals surface area contributed by atoms with Crippen molar-refractivity contribution >= 4 is 35.3 Å². The van der Waals surface area contributed by atoms with Gasteiger partial charge in [0.1, 0.15) is 11.4 Å². The van der Waals surface area contributed by atoms with E-state index in [0.717, 1.165) is 35.1 Å². The number of nitrogens with zero attached hydrogens (tertiary/aromatic N) is 4. The molecule has 2 aliphatic rings. The van der Waals surface area contributed by atoms with Crippen LogP contribution in [0.25, 0.3) is 11.0 Å². The van der Waals surface area contributed by atoms with E-state index in [-0.39, 0.29) is 36.5 Å². The van der Waals surface area contributed by atoms with E-state index >= 15 is 0 Å². The summed E-state index contributed by atoms with van der Waals surface area (Å²) in [5.41, 5.74) is 3.42.